The maximum absolute atomic E-state index is 10.3. The van der Waals surface area contributed by atoms with E-state index in [0.717, 1.165) is 12.2 Å². The molecule has 0 aromatic carbocycles. The number of hydrogen-bond donors (Lipinski definition) is 0. The van der Waals surface area contributed by atoms with Crippen LogP contribution >= 0.6 is 0 Å². The van der Waals surface area contributed by atoms with Gasteiger partial charge in [-0.1, -0.05) is 6.58 Å². The quantitative estimate of drug-likeness (QED) is 0.367. The summed E-state index contributed by atoms with van der Waals surface area (Å²) in [6.07, 6.45) is 3.16. The first-order chi connectivity index (χ1) is 6.62. The van der Waals surface area contributed by atoms with Gasteiger partial charge >= 0.3 is 11.9 Å². The summed E-state index contributed by atoms with van der Waals surface area (Å²) in [5.41, 5.74) is 0. The van der Waals surface area contributed by atoms with Crippen LogP contribution in [0.1, 0.15) is 0 Å². The van der Waals surface area contributed by atoms with Crippen LogP contribution in [0.15, 0.2) is 24.8 Å². The van der Waals surface area contributed by atoms with Crippen molar-refractivity contribution in [2.75, 3.05) is 14.2 Å². The van der Waals surface area contributed by atoms with E-state index in [1.165, 1.54) is 20.3 Å². The van der Waals surface area contributed by atoms with Crippen LogP contribution in [0, 0.1) is 11.3 Å². The van der Waals surface area contributed by atoms with E-state index in [1.807, 2.05) is 0 Å². The van der Waals surface area contributed by atoms with Gasteiger partial charge in [-0.25, -0.2) is 9.59 Å². The molecule has 5 heteroatoms. The first-order valence-corrected chi connectivity index (χ1v) is 3.46. The molecule has 0 amide bonds. The number of hydrogen-bond acceptors (Lipinski definition) is 5. The highest BCUT2D eigenvalue weighted by Crippen LogP contribution is 1.80. The average molecular weight is 197 g/mol. The number of carbonyl (C=O) groups is 2. The maximum atomic E-state index is 10.3. The standard InChI is InChI=1S/C6H8O4.C3H3N/c1-9-5(7)3-4-6(8)10-2;1-2-3-4/h3-4H,1-2H3;2H,1H2. The van der Waals surface area contributed by atoms with Crippen molar-refractivity contribution in [1.82, 2.24) is 0 Å². The summed E-state index contributed by atoms with van der Waals surface area (Å²) in [6.45, 7) is 3.12. The fourth-order valence-corrected chi connectivity index (χ4v) is 0.272. The zero-order valence-electron chi connectivity index (χ0n) is 8.02. The van der Waals surface area contributed by atoms with E-state index < -0.39 is 11.9 Å². The van der Waals surface area contributed by atoms with E-state index >= 15 is 0 Å². The van der Waals surface area contributed by atoms with Crippen molar-refractivity contribution in [3.8, 4) is 6.07 Å². The van der Waals surface area contributed by atoms with Gasteiger partial charge in [-0.2, -0.15) is 5.26 Å². The summed E-state index contributed by atoms with van der Waals surface area (Å²) in [5, 5.41) is 7.51. The number of esters is 2. The van der Waals surface area contributed by atoms with Crippen LogP contribution in [0.25, 0.3) is 0 Å². The average Bonchev–Trinajstić information content (AvgIpc) is 2.25. The summed E-state index contributed by atoms with van der Waals surface area (Å²) >= 11 is 0. The Balaban J connectivity index is 0. The molecule has 0 aromatic rings. The Hall–Kier alpha value is -2.09. The summed E-state index contributed by atoms with van der Waals surface area (Å²) in [4.78, 5) is 20.6. The third-order valence-corrected chi connectivity index (χ3v) is 0.849. The summed E-state index contributed by atoms with van der Waals surface area (Å²) in [5.74, 6) is -1.16. The predicted octanol–water partition coefficient (Wildman–Crippen LogP) is 0.585. The molecule has 0 aliphatic carbocycles. The van der Waals surface area contributed by atoms with Gasteiger partial charge in [0, 0.05) is 18.2 Å². The molecule has 76 valence electrons. The zero-order chi connectivity index (χ0) is 11.4. The topological polar surface area (TPSA) is 76.4 Å². The van der Waals surface area contributed by atoms with Crippen LogP contribution in [0.5, 0.6) is 0 Å². The molecule has 14 heavy (non-hydrogen) atoms. The zero-order valence-corrected chi connectivity index (χ0v) is 8.02. The molecule has 0 saturated heterocycles. The van der Waals surface area contributed by atoms with Crippen molar-refractivity contribution < 1.29 is 19.1 Å². The Labute approximate surface area is 82.2 Å². The molecule has 0 heterocycles. The Morgan fingerprint density at radius 3 is 1.64 bits per heavy atom. The number of rotatable bonds is 2. The predicted molar refractivity (Wildman–Crippen MR) is 49.0 cm³/mol. The molecule has 0 N–H and O–H groups in total. The van der Waals surface area contributed by atoms with Crippen LogP contribution in [0.4, 0.5) is 0 Å². The highest BCUT2D eigenvalue weighted by atomic mass is 16.5. The third-order valence-electron chi connectivity index (χ3n) is 0.849. The molecule has 0 aromatic heterocycles. The van der Waals surface area contributed by atoms with Crippen molar-refractivity contribution in [3.63, 3.8) is 0 Å². The SMILES string of the molecule is C=CC#N.COC(=O)C=CC(=O)OC. The molecule has 0 aliphatic heterocycles. The molecule has 0 unspecified atom stereocenters. The van der Waals surface area contributed by atoms with Gasteiger partial charge in [-0.05, 0) is 0 Å². The number of ether oxygens (including phenoxy) is 2. The van der Waals surface area contributed by atoms with Crippen LogP contribution in [0.2, 0.25) is 0 Å². The normalized spacial score (nSPS) is 7.79. The molecule has 0 spiro atoms. The Morgan fingerprint density at radius 2 is 1.50 bits per heavy atom. The second-order valence-electron chi connectivity index (χ2n) is 1.71. The van der Waals surface area contributed by atoms with E-state index in [9.17, 15) is 9.59 Å². The van der Waals surface area contributed by atoms with Gasteiger partial charge < -0.3 is 9.47 Å². The van der Waals surface area contributed by atoms with Crippen LogP contribution < -0.4 is 0 Å². The number of allylic oxidation sites excluding steroid dienone is 1. The molecule has 0 aliphatic rings. The monoisotopic (exact) mass is 197 g/mol. The van der Waals surface area contributed by atoms with Gasteiger partial charge in [0.25, 0.3) is 0 Å². The third kappa shape index (κ3) is 12.6. The molecular weight excluding hydrogens is 186 g/mol. The summed E-state index contributed by atoms with van der Waals surface area (Å²) < 4.78 is 8.42. The van der Waals surface area contributed by atoms with Crippen molar-refractivity contribution in [2.45, 2.75) is 0 Å². The molecule has 5 nitrogen and oxygen atoms in total. The molecule has 0 saturated carbocycles. The highest BCUT2D eigenvalue weighted by molar-refractivity contribution is 5.91. The van der Waals surface area contributed by atoms with E-state index in [0.29, 0.717) is 0 Å². The van der Waals surface area contributed by atoms with Crippen molar-refractivity contribution in [2.24, 2.45) is 0 Å². The smallest absolute Gasteiger partial charge is 0.330 e. The second kappa shape index (κ2) is 10.9. The van der Waals surface area contributed by atoms with E-state index in [4.69, 9.17) is 5.26 Å². The van der Waals surface area contributed by atoms with Crippen molar-refractivity contribution in [3.05, 3.63) is 24.8 Å². The van der Waals surface area contributed by atoms with Gasteiger partial charge in [-0.3, -0.25) is 0 Å². The minimum atomic E-state index is -0.578. The first kappa shape index (κ1) is 14.4. The molecule has 0 atom stereocenters. The number of nitrogens with zero attached hydrogens (tertiary/aromatic N) is 1. The van der Waals surface area contributed by atoms with Gasteiger partial charge in [0.1, 0.15) is 0 Å². The lowest BCUT2D eigenvalue weighted by atomic mass is 10.5. The Kier molecular flexibility index (Phi) is 11.2. The lowest BCUT2D eigenvalue weighted by molar-refractivity contribution is -0.137. The van der Waals surface area contributed by atoms with Gasteiger partial charge in [0.2, 0.25) is 0 Å². The summed E-state index contributed by atoms with van der Waals surface area (Å²) in [7, 11) is 2.45. The largest absolute Gasteiger partial charge is 0.466 e. The molecular formula is C9H11NO4. The van der Waals surface area contributed by atoms with Gasteiger partial charge in [-0.15, -0.1) is 0 Å². The Bertz CT molecular complexity index is 244. The number of nitriles is 1. The minimum absolute atomic E-state index is 0.578. The highest BCUT2D eigenvalue weighted by Gasteiger charge is 1.94. The minimum Gasteiger partial charge on any atom is -0.466 e. The van der Waals surface area contributed by atoms with Crippen LogP contribution in [-0.2, 0) is 19.1 Å². The first-order valence-electron chi connectivity index (χ1n) is 3.46. The molecule has 0 bridgehead atoms. The summed E-state index contributed by atoms with van der Waals surface area (Å²) in [6, 6.07) is 1.69. The van der Waals surface area contributed by atoms with Gasteiger partial charge in [0.15, 0.2) is 0 Å². The number of methoxy groups -OCH3 is 2. The second-order valence-corrected chi connectivity index (χ2v) is 1.71. The molecule has 0 fully saturated rings. The maximum Gasteiger partial charge on any atom is 0.330 e. The van der Waals surface area contributed by atoms with Crippen LogP contribution in [0.3, 0.4) is 0 Å². The van der Waals surface area contributed by atoms with Gasteiger partial charge in [0.05, 0.1) is 20.3 Å². The fraction of sp³-hybridized carbons (Fsp3) is 0.222. The lowest BCUT2D eigenvalue weighted by Crippen LogP contribution is -1.98. The van der Waals surface area contributed by atoms with Crippen molar-refractivity contribution >= 4 is 11.9 Å². The van der Waals surface area contributed by atoms with E-state index in [-0.39, 0.29) is 0 Å². The number of carbonyl (C=O) groups excluding carboxylic acids is 2. The molecule has 0 radical (unpaired) electrons. The lowest BCUT2D eigenvalue weighted by Gasteiger charge is -1.89. The van der Waals surface area contributed by atoms with E-state index in [2.05, 4.69) is 16.1 Å². The van der Waals surface area contributed by atoms with Crippen LogP contribution in [-0.4, -0.2) is 26.2 Å². The fourth-order valence-electron chi connectivity index (χ4n) is 0.272. The Morgan fingerprint density at radius 1 is 1.21 bits per heavy atom. The molecule has 0 rings (SSSR count). The van der Waals surface area contributed by atoms with E-state index in [1.54, 1.807) is 6.07 Å². The van der Waals surface area contributed by atoms with Crippen molar-refractivity contribution in [1.29, 1.82) is 5.26 Å².